The monoisotopic (exact) mass is 456 g/mol. The van der Waals surface area contributed by atoms with Gasteiger partial charge in [0.05, 0.1) is 21.9 Å². The fraction of sp³-hybridized carbons (Fsp3) is 0.0435. The largest absolute Gasteiger partial charge is 0.324 e. The van der Waals surface area contributed by atoms with Crippen molar-refractivity contribution in [3.8, 4) is 23.1 Å². The number of nitriles is 1. The van der Waals surface area contributed by atoms with Crippen LogP contribution in [0.4, 0.5) is 11.4 Å². The van der Waals surface area contributed by atoms with Crippen LogP contribution in [0.3, 0.4) is 0 Å². The van der Waals surface area contributed by atoms with E-state index in [1.54, 1.807) is 0 Å². The van der Waals surface area contributed by atoms with E-state index in [0.717, 1.165) is 17.3 Å². The molecule has 0 atom stereocenters. The quantitative estimate of drug-likeness (QED) is 0.247. The summed E-state index contributed by atoms with van der Waals surface area (Å²) in [6.07, 6.45) is 0. The predicted octanol–water partition coefficient (Wildman–Crippen LogP) is 4.44. The van der Waals surface area contributed by atoms with Crippen molar-refractivity contribution in [2.45, 2.75) is 5.16 Å². The number of benzene rings is 3. The highest BCUT2D eigenvalue weighted by molar-refractivity contribution is 7.99. The number of hydrogen-bond acceptors (Lipinski definition) is 7. The second kappa shape index (κ2) is 9.76. The first-order chi connectivity index (χ1) is 16.1. The molecule has 1 heterocycles. The Labute approximate surface area is 192 Å². The Bertz CT molecular complexity index is 1350. The van der Waals surface area contributed by atoms with Gasteiger partial charge in [0.2, 0.25) is 5.91 Å². The van der Waals surface area contributed by atoms with Crippen LogP contribution in [-0.2, 0) is 4.79 Å². The Morgan fingerprint density at radius 1 is 1.06 bits per heavy atom. The van der Waals surface area contributed by atoms with E-state index in [1.807, 2.05) is 71.3 Å². The van der Waals surface area contributed by atoms with Crippen molar-refractivity contribution >= 4 is 29.0 Å². The Morgan fingerprint density at radius 3 is 2.42 bits per heavy atom. The molecule has 10 heteroatoms. The lowest BCUT2D eigenvalue weighted by Gasteiger charge is -2.10. The Hall–Kier alpha value is -4.49. The second-order valence-corrected chi connectivity index (χ2v) is 7.72. The third-order valence-electron chi connectivity index (χ3n) is 4.62. The zero-order chi connectivity index (χ0) is 23.2. The SMILES string of the molecule is N#Cc1cc([N+](=O)[O-])ccc1NC(=O)CSc1nnc(-c2ccccc2)n1-c1ccccc1. The predicted molar refractivity (Wildman–Crippen MR) is 124 cm³/mol. The molecule has 1 N–H and O–H groups in total. The molecule has 0 aliphatic carbocycles. The number of nitrogens with zero attached hydrogens (tertiary/aromatic N) is 5. The van der Waals surface area contributed by atoms with Crippen LogP contribution in [0, 0.1) is 21.4 Å². The molecule has 0 spiro atoms. The maximum atomic E-state index is 12.6. The van der Waals surface area contributed by atoms with Gasteiger partial charge in [-0.2, -0.15) is 5.26 Å². The molecule has 0 aliphatic rings. The van der Waals surface area contributed by atoms with E-state index in [-0.39, 0.29) is 28.6 Å². The van der Waals surface area contributed by atoms with Crippen molar-refractivity contribution in [2.24, 2.45) is 0 Å². The molecule has 0 saturated heterocycles. The fourth-order valence-electron chi connectivity index (χ4n) is 3.11. The van der Waals surface area contributed by atoms with E-state index in [1.165, 1.54) is 23.9 Å². The molecule has 0 bridgehead atoms. The van der Waals surface area contributed by atoms with Crippen LogP contribution in [-0.4, -0.2) is 31.3 Å². The molecule has 4 rings (SSSR count). The number of anilines is 1. The fourth-order valence-corrected chi connectivity index (χ4v) is 3.86. The minimum Gasteiger partial charge on any atom is -0.324 e. The molecule has 3 aromatic carbocycles. The number of hydrogen-bond donors (Lipinski definition) is 1. The zero-order valence-corrected chi connectivity index (χ0v) is 17.9. The number of nitrogens with one attached hydrogen (secondary N) is 1. The van der Waals surface area contributed by atoms with E-state index in [0.29, 0.717) is 11.0 Å². The summed E-state index contributed by atoms with van der Waals surface area (Å²) in [7, 11) is 0. The molecule has 0 fully saturated rings. The molecule has 4 aromatic rings. The van der Waals surface area contributed by atoms with Crippen molar-refractivity contribution in [1.29, 1.82) is 5.26 Å². The number of para-hydroxylation sites is 1. The summed E-state index contributed by atoms with van der Waals surface area (Å²) in [5, 5.41) is 31.9. The van der Waals surface area contributed by atoms with Gasteiger partial charge in [-0.3, -0.25) is 19.5 Å². The number of rotatable bonds is 7. The maximum Gasteiger partial charge on any atom is 0.270 e. The van der Waals surface area contributed by atoms with E-state index < -0.39 is 4.92 Å². The molecule has 0 radical (unpaired) electrons. The minimum atomic E-state index is -0.594. The van der Waals surface area contributed by atoms with Gasteiger partial charge in [0, 0.05) is 23.4 Å². The molecule has 0 saturated carbocycles. The normalized spacial score (nSPS) is 10.4. The van der Waals surface area contributed by atoms with Gasteiger partial charge in [-0.15, -0.1) is 10.2 Å². The molecule has 1 aromatic heterocycles. The Kier molecular flexibility index (Phi) is 6.43. The standard InChI is InChI=1S/C23H16N6O3S/c24-14-17-13-19(29(31)32)11-12-20(17)25-21(30)15-33-23-27-26-22(16-7-3-1-4-8-16)28(23)18-9-5-2-6-10-18/h1-13H,15H2,(H,25,30). The molecule has 1 amide bonds. The van der Waals surface area contributed by atoms with Gasteiger partial charge >= 0.3 is 0 Å². The number of nitro benzene ring substituents is 1. The van der Waals surface area contributed by atoms with Crippen molar-refractivity contribution < 1.29 is 9.72 Å². The number of carbonyl (C=O) groups excluding carboxylic acids is 1. The first-order valence-corrected chi connectivity index (χ1v) is 10.7. The third kappa shape index (κ3) is 4.89. The molecule has 9 nitrogen and oxygen atoms in total. The van der Waals surface area contributed by atoms with Crippen LogP contribution >= 0.6 is 11.8 Å². The average Bonchev–Trinajstić information content (AvgIpc) is 3.28. The van der Waals surface area contributed by atoms with Gasteiger partial charge in [0.15, 0.2) is 11.0 Å². The van der Waals surface area contributed by atoms with Crippen molar-refractivity contribution in [3.63, 3.8) is 0 Å². The summed E-state index contributed by atoms with van der Waals surface area (Å²) < 4.78 is 1.87. The number of carbonyl (C=O) groups is 1. The van der Waals surface area contributed by atoms with Gasteiger partial charge < -0.3 is 5.32 Å². The van der Waals surface area contributed by atoms with Gasteiger partial charge in [0.1, 0.15) is 6.07 Å². The lowest BCUT2D eigenvalue weighted by Crippen LogP contribution is -2.15. The van der Waals surface area contributed by atoms with Gasteiger partial charge in [0.25, 0.3) is 5.69 Å². The first-order valence-electron chi connectivity index (χ1n) is 9.74. The number of aromatic nitrogens is 3. The molecule has 0 aliphatic heterocycles. The Morgan fingerprint density at radius 2 is 1.76 bits per heavy atom. The van der Waals surface area contributed by atoms with E-state index in [2.05, 4.69) is 15.5 Å². The van der Waals surface area contributed by atoms with Gasteiger partial charge in [-0.1, -0.05) is 60.3 Å². The summed E-state index contributed by atoms with van der Waals surface area (Å²) in [4.78, 5) is 22.9. The van der Waals surface area contributed by atoms with E-state index >= 15 is 0 Å². The average molecular weight is 456 g/mol. The van der Waals surface area contributed by atoms with Gasteiger partial charge in [-0.25, -0.2) is 0 Å². The Balaban J connectivity index is 1.56. The number of thioether (sulfide) groups is 1. The summed E-state index contributed by atoms with van der Waals surface area (Å²) in [5.74, 6) is 0.266. The number of non-ortho nitro benzene ring substituents is 1. The topological polar surface area (TPSA) is 127 Å². The molecule has 0 unspecified atom stereocenters. The molecular formula is C23H16N6O3S. The summed E-state index contributed by atoms with van der Waals surface area (Å²) >= 11 is 1.19. The van der Waals surface area contributed by atoms with E-state index in [9.17, 15) is 20.2 Å². The second-order valence-electron chi connectivity index (χ2n) is 6.78. The molecule has 162 valence electrons. The smallest absolute Gasteiger partial charge is 0.270 e. The van der Waals surface area contributed by atoms with Crippen LogP contribution in [0.1, 0.15) is 5.56 Å². The van der Waals surface area contributed by atoms with Crippen molar-refractivity contribution in [1.82, 2.24) is 14.8 Å². The highest BCUT2D eigenvalue weighted by Gasteiger charge is 2.18. The number of amides is 1. The highest BCUT2D eigenvalue weighted by atomic mass is 32.2. The molecular weight excluding hydrogens is 440 g/mol. The summed E-state index contributed by atoms with van der Waals surface area (Å²) in [6, 6.07) is 24.8. The van der Waals surface area contributed by atoms with Crippen LogP contribution in [0.2, 0.25) is 0 Å². The zero-order valence-electron chi connectivity index (χ0n) is 17.1. The summed E-state index contributed by atoms with van der Waals surface area (Å²) in [5.41, 5.74) is 1.74. The number of nitro groups is 1. The van der Waals surface area contributed by atoms with Crippen LogP contribution in [0.15, 0.2) is 84.0 Å². The van der Waals surface area contributed by atoms with Gasteiger partial charge in [-0.05, 0) is 18.2 Å². The van der Waals surface area contributed by atoms with Crippen LogP contribution < -0.4 is 5.32 Å². The summed E-state index contributed by atoms with van der Waals surface area (Å²) in [6.45, 7) is 0. The van der Waals surface area contributed by atoms with E-state index in [4.69, 9.17) is 0 Å². The van der Waals surface area contributed by atoms with Crippen LogP contribution in [0.25, 0.3) is 17.1 Å². The lowest BCUT2D eigenvalue weighted by molar-refractivity contribution is -0.384. The third-order valence-corrected chi connectivity index (χ3v) is 5.55. The van der Waals surface area contributed by atoms with Crippen molar-refractivity contribution in [2.75, 3.05) is 11.1 Å². The molecule has 33 heavy (non-hydrogen) atoms. The lowest BCUT2D eigenvalue weighted by atomic mass is 10.1. The van der Waals surface area contributed by atoms with Crippen molar-refractivity contribution in [3.05, 3.63) is 94.5 Å². The maximum absolute atomic E-state index is 12.6. The minimum absolute atomic E-state index is 0.00160. The first kappa shape index (κ1) is 21.7. The highest BCUT2D eigenvalue weighted by Crippen LogP contribution is 2.28. The van der Waals surface area contributed by atoms with Crippen LogP contribution in [0.5, 0.6) is 0 Å².